The summed E-state index contributed by atoms with van der Waals surface area (Å²) in [7, 11) is 0. The van der Waals surface area contributed by atoms with Gasteiger partial charge in [-0.1, -0.05) is 0 Å². The SMILES string of the molecule is CCOC(=O)Cn1cc2c(Br)cncc2n1. The number of rotatable bonds is 3. The summed E-state index contributed by atoms with van der Waals surface area (Å²) in [6.45, 7) is 2.28. The van der Waals surface area contributed by atoms with Gasteiger partial charge in [-0.2, -0.15) is 5.10 Å². The van der Waals surface area contributed by atoms with E-state index in [9.17, 15) is 4.79 Å². The summed E-state index contributed by atoms with van der Waals surface area (Å²) in [6.07, 6.45) is 5.14. The minimum absolute atomic E-state index is 0.120. The van der Waals surface area contributed by atoms with E-state index in [1.54, 1.807) is 30.2 Å². The first-order valence-electron chi connectivity index (χ1n) is 4.83. The minimum Gasteiger partial charge on any atom is -0.465 e. The molecular formula is C10H10BrN3O2. The van der Waals surface area contributed by atoms with Crippen LogP contribution in [0.2, 0.25) is 0 Å². The van der Waals surface area contributed by atoms with E-state index in [2.05, 4.69) is 26.0 Å². The quantitative estimate of drug-likeness (QED) is 0.806. The molecule has 0 atom stereocenters. The number of fused-ring (bicyclic) bond motifs is 1. The molecule has 0 spiro atoms. The van der Waals surface area contributed by atoms with Crippen LogP contribution in [0.25, 0.3) is 10.9 Å². The lowest BCUT2D eigenvalue weighted by molar-refractivity contribution is -0.144. The van der Waals surface area contributed by atoms with Gasteiger partial charge in [-0.3, -0.25) is 14.5 Å². The number of carbonyl (C=O) groups is 1. The number of pyridine rings is 1. The predicted molar refractivity (Wildman–Crippen MR) is 61.9 cm³/mol. The Balaban J connectivity index is 2.26. The van der Waals surface area contributed by atoms with Gasteiger partial charge in [0.25, 0.3) is 0 Å². The van der Waals surface area contributed by atoms with E-state index in [0.29, 0.717) is 6.61 Å². The molecule has 0 saturated carbocycles. The third-order valence-electron chi connectivity index (χ3n) is 2.03. The average molecular weight is 284 g/mol. The summed E-state index contributed by atoms with van der Waals surface area (Å²) in [5, 5.41) is 5.15. The average Bonchev–Trinajstić information content (AvgIpc) is 2.62. The van der Waals surface area contributed by atoms with Gasteiger partial charge in [0.1, 0.15) is 12.1 Å². The number of ether oxygens (including phenoxy) is 1. The van der Waals surface area contributed by atoms with Gasteiger partial charge < -0.3 is 4.74 Å². The van der Waals surface area contributed by atoms with E-state index in [4.69, 9.17) is 4.74 Å². The summed E-state index contributed by atoms with van der Waals surface area (Å²) < 4.78 is 7.26. The van der Waals surface area contributed by atoms with Gasteiger partial charge in [-0.25, -0.2) is 0 Å². The Hall–Kier alpha value is -1.43. The number of nitrogens with zero attached hydrogens (tertiary/aromatic N) is 3. The molecule has 2 heterocycles. The maximum atomic E-state index is 11.3. The van der Waals surface area contributed by atoms with Crippen LogP contribution in [0, 0.1) is 0 Å². The molecule has 0 amide bonds. The van der Waals surface area contributed by atoms with Crippen molar-refractivity contribution in [1.29, 1.82) is 0 Å². The van der Waals surface area contributed by atoms with E-state index >= 15 is 0 Å². The lowest BCUT2D eigenvalue weighted by atomic mass is 10.3. The molecule has 2 aromatic heterocycles. The van der Waals surface area contributed by atoms with Gasteiger partial charge in [0.05, 0.1) is 12.8 Å². The largest absolute Gasteiger partial charge is 0.465 e. The standard InChI is InChI=1S/C10H10BrN3O2/c1-2-16-10(15)6-14-5-7-8(11)3-12-4-9(7)13-14/h3-5H,2,6H2,1H3. The number of hydrogen-bond donors (Lipinski definition) is 0. The highest BCUT2D eigenvalue weighted by atomic mass is 79.9. The second-order valence-electron chi connectivity index (χ2n) is 3.19. The minimum atomic E-state index is -0.292. The fourth-order valence-electron chi connectivity index (χ4n) is 1.38. The predicted octanol–water partition coefficient (Wildman–Crippen LogP) is 1.76. The van der Waals surface area contributed by atoms with Gasteiger partial charge in [-0.15, -0.1) is 0 Å². The van der Waals surface area contributed by atoms with Gasteiger partial charge in [0, 0.05) is 22.3 Å². The van der Waals surface area contributed by atoms with Gasteiger partial charge >= 0.3 is 5.97 Å². The smallest absolute Gasteiger partial charge is 0.327 e. The zero-order chi connectivity index (χ0) is 11.5. The molecule has 0 fully saturated rings. The van der Waals surface area contributed by atoms with Crippen LogP contribution >= 0.6 is 15.9 Å². The molecule has 0 aliphatic carbocycles. The van der Waals surface area contributed by atoms with Crippen molar-refractivity contribution >= 4 is 32.8 Å². The van der Waals surface area contributed by atoms with Crippen LogP contribution in [0.15, 0.2) is 23.1 Å². The first-order valence-corrected chi connectivity index (χ1v) is 5.62. The Morgan fingerprint density at radius 2 is 2.38 bits per heavy atom. The molecule has 16 heavy (non-hydrogen) atoms. The Kier molecular flexibility index (Phi) is 3.19. The summed E-state index contributed by atoms with van der Waals surface area (Å²) in [5.74, 6) is -0.292. The second kappa shape index (κ2) is 4.61. The molecule has 2 aromatic rings. The topological polar surface area (TPSA) is 57.0 Å². The van der Waals surface area contributed by atoms with Crippen LogP contribution in [-0.4, -0.2) is 27.3 Å². The molecule has 2 rings (SSSR count). The number of esters is 1. The highest BCUT2D eigenvalue weighted by Crippen LogP contribution is 2.20. The maximum Gasteiger partial charge on any atom is 0.327 e. The highest BCUT2D eigenvalue weighted by Gasteiger charge is 2.08. The van der Waals surface area contributed by atoms with Gasteiger partial charge in [0.2, 0.25) is 0 Å². The van der Waals surface area contributed by atoms with Crippen molar-refractivity contribution < 1.29 is 9.53 Å². The van der Waals surface area contributed by atoms with Crippen molar-refractivity contribution in [3.8, 4) is 0 Å². The molecule has 5 nitrogen and oxygen atoms in total. The van der Waals surface area contributed by atoms with E-state index in [1.165, 1.54) is 0 Å². The highest BCUT2D eigenvalue weighted by molar-refractivity contribution is 9.10. The van der Waals surface area contributed by atoms with Crippen molar-refractivity contribution in [1.82, 2.24) is 14.8 Å². The van der Waals surface area contributed by atoms with Gasteiger partial charge in [0.15, 0.2) is 0 Å². The molecule has 0 saturated heterocycles. The Bertz CT molecular complexity index is 524. The van der Waals surface area contributed by atoms with Crippen molar-refractivity contribution in [3.63, 3.8) is 0 Å². The normalized spacial score (nSPS) is 10.6. The van der Waals surface area contributed by atoms with Crippen LogP contribution in [0.4, 0.5) is 0 Å². The zero-order valence-corrected chi connectivity index (χ0v) is 10.3. The molecule has 0 bridgehead atoms. The van der Waals surface area contributed by atoms with E-state index in [-0.39, 0.29) is 12.5 Å². The third-order valence-corrected chi connectivity index (χ3v) is 2.66. The van der Waals surface area contributed by atoms with Crippen LogP contribution in [-0.2, 0) is 16.1 Å². The van der Waals surface area contributed by atoms with Crippen LogP contribution < -0.4 is 0 Å². The summed E-state index contributed by atoms with van der Waals surface area (Å²) >= 11 is 3.38. The summed E-state index contributed by atoms with van der Waals surface area (Å²) in [5.41, 5.74) is 0.749. The zero-order valence-electron chi connectivity index (χ0n) is 8.68. The first-order chi connectivity index (χ1) is 7.70. The van der Waals surface area contributed by atoms with Crippen LogP contribution in [0.1, 0.15) is 6.92 Å². The Morgan fingerprint density at radius 1 is 1.56 bits per heavy atom. The second-order valence-corrected chi connectivity index (χ2v) is 4.04. The van der Waals surface area contributed by atoms with Crippen molar-refractivity contribution in [2.45, 2.75) is 13.5 Å². The maximum absolute atomic E-state index is 11.3. The van der Waals surface area contributed by atoms with Crippen LogP contribution in [0.3, 0.4) is 0 Å². The molecule has 0 aromatic carbocycles. The van der Waals surface area contributed by atoms with Crippen molar-refractivity contribution in [2.75, 3.05) is 6.61 Å². The summed E-state index contributed by atoms with van der Waals surface area (Å²) in [4.78, 5) is 15.3. The Morgan fingerprint density at radius 3 is 3.06 bits per heavy atom. The van der Waals surface area contributed by atoms with Gasteiger partial charge in [-0.05, 0) is 22.9 Å². The number of carbonyl (C=O) groups excluding carboxylic acids is 1. The number of halogens is 1. The van der Waals surface area contributed by atoms with Crippen molar-refractivity contribution in [3.05, 3.63) is 23.1 Å². The molecular weight excluding hydrogens is 274 g/mol. The summed E-state index contributed by atoms with van der Waals surface area (Å²) in [6, 6.07) is 0. The number of aromatic nitrogens is 3. The molecule has 0 N–H and O–H groups in total. The lowest BCUT2D eigenvalue weighted by Gasteiger charge is -2.00. The van der Waals surface area contributed by atoms with E-state index < -0.39 is 0 Å². The molecule has 0 aliphatic rings. The molecule has 0 radical (unpaired) electrons. The van der Waals surface area contributed by atoms with E-state index in [1.807, 2.05) is 0 Å². The fourth-order valence-corrected chi connectivity index (χ4v) is 1.80. The molecule has 6 heteroatoms. The molecule has 84 valence electrons. The third kappa shape index (κ3) is 2.21. The Labute approximate surface area is 101 Å². The van der Waals surface area contributed by atoms with Crippen molar-refractivity contribution in [2.24, 2.45) is 0 Å². The van der Waals surface area contributed by atoms with Crippen LogP contribution in [0.5, 0.6) is 0 Å². The molecule has 0 aliphatic heterocycles. The fraction of sp³-hybridized carbons (Fsp3) is 0.300. The molecule has 0 unspecified atom stereocenters. The first kappa shape index (κ1) is 11.1. The number of hydrogen-bond acceptors (Lipinski definition) is 4. The monoisotopic (exact) mass is 283 g/mol. The lowest BCUT2D eigenvalue weighted by Crippen LogP contribution is -2.13. The van der Waals surface area contributed by atoms with E-state index in [0.717, 1.165) is 15.4 Å².